The van der Waals surface area contributed by atoms with Crippen LogP contribution < -0.4 is 4.74 Å². The molecule has 2 nitrogen and oxygen atoms in total. The summed E-state index contributed by atoms with van der Waals surface area (Å²) in [5.41, 5.74) is 2.22. The smallest absolute Gasteiger partial charge is 0.213 e. The second kappa shape index (κ2) is 5.15. The lowest BCUT2D eigenvalue weighted by molar-refractivity contribution is 0.399. The van der Waals surface area contributed by atoms with Crippen LogP contribution in [0.3, 0.4) is 0 Å². The summed E-state index contributed by atoms with van der Waals surface area (Å²) in [6.07, 6.45) is 0.943. The highest BCUT2D eigenvalue weighted by atomic mass is 79.9. The molecular formula is C12H11Br2NO. The molecule has 0 saturated heterocycles. The van der Waals surface area contributed by atoms with E-state index in [9.17, 15) is 0 Å². The maximum Gasteiger partial charge on any atom is 0.213 e. The SMILES string of the molecule is COc1ccc2ccc(Br)c(CCBr)c2n1. The normalized spacial score (nSPS) is 10.7. The number of hydrogen-bond acceptors (Lipinski definition) is 2. The lowest BCUT2D eigenvalue weighted by atomic mass is 10.1. The third-order valence-corrected chi connectivity index (χ3v) is 3.58. The molecular weight excluding hydrogens is 334 g/mol. The van der Waals surface area contributed by atoms with Crippen LogP contribution >= 0.6 is 31.9 Å². The van der Waals surface area contributed by atoms with E-state index in [1.54, 1.807) is 7.11 Å². The van der Waals surface area contributed by atoms with Crippen molar-refractivity contribution in [1.29, 1.82) is 0 Å². The zero-order valence-corrected chi connectivity index (χ0v) is 12.0. The van der Waals surface area contributed by atoms with Crippen molar-refractivity contribution in [2.75, 3.05) is 12.4 Å². The predicted octanol–water partition coefficient (Wildman–Crippen LogP) is 3.94. The highest BCUT2D eigenvalue weighted by Gasteiger charge is 2.07. The van der Waals surface area contributed by atoms with E-state index in [0.29, 0.717) is 5.88 Å². The number of methoxy groups -OCH3 is 1. The first-order valence-corrected chi connectivity index (χ1v) is 6.86. The van der Waals surface area contributed by atoms with Gasteiger partial charge in [0.25, 0.3) is 0 Å². The molecule has 0 aliphatic rings. The van der Waals surface area contributed by atoms with Gasteiger partial charge in [0, 0.05) is 21.3 Å². The Bertz CT molecular complexity index is 514. The van der Waals surface area contributed by atoms with Crippen LogP contribution in [-0.4, -0.2) is 17.4 Å². The van der Waals surface area contributed by atoms with Crippen molar-refractivity contribution >= 4 is 42.8 Å². The molecule has 2 aromatic rings. The van der Waals surface area contributed by atoms with Crippen LogP contribution in [-0.2, 0) is 6.42 Å². The van der Waals surface area contributed by atoms with E-state index in [2.05, 4.69) is 49.0 Å². The van der Waals surface area contributed by atoms with Crippen molar-refractivity contribution in [3.63, 3.8) is 0 Å². The van der Waals surface area contributed by atoms with Gasteiger partial charge in [0.2, 0.25) is 5.88 Å². The number of aromatic nitrogens is 1. The number of aryl methyl sites for hydroxylation is 1. The Morgan fingerprint density at radius 2 is 2.00 bits per heavy atom. The van der Waals surface area contributed by atoms with Gasteiger partial charge in [0.15, 0.2) is 0 Å². The quantitative estimate of drug-likeness (QED) is 0.787. The van der Waals surface area contributed by atoms with Crippen molar-refractivity contribution in [2.45, 2.75) is 6.42 Å². The zero-order valence-electron chi connectivity index (χ0n) is 8.84. The maximum atomic E-state index is 5.16. The van der Waals surface area contributed by atoms with Crippen LogP contribution in [0.5, 0.6) is 5.88 Å². The first-order chi connectivity index (χ1) is 7.76. The molecule has 1 aromatic heterocycles. The average Bonchev–Trinajstić information content (AvgIpc) is 2.32. The molecule has 84 valence electrons. The molecule has 2 rings (SSSR count). The highest BCUT2D eigenvalue weighted by Crippen LogP contribution is 2.27. The summed E-state index contributed by atoms with van der Waals surface area (Å²) in [7, 11) is 1.64. The van der Waals surface area contributed by atoms with Crippen LogP contribution in [0.15, 0.2) is 28.7 Å². The molecule has 0 amide bonds. The molecule has 0 aliphatic heterocycles. The Morgan fingerprint density at radius 3 is 2.69 bits per heavy atom. The minimum atomic E-state index is 0.654. The standard InChI is InChI=1S/C12H11Br2NO/c1-16-11-5-3-8-2-4-10(14)9(6-7-13)12(8)15-11/h2-5H,6-7H2,1H3. The number of nitrogens with zero attached hydrogens (tertiary/aromatic N) is 1. The van der Waals surface area contributed by atoms with Gasteiger partial charge in [-0.05, 0) is 24.1 Å². The van der Waals surface area contributed by atoms with E-state index in [4.69, 9.17) is 4.74 Å². The van der Waals surface area contributed by atoms with Crippen molar-refractivity contribution in [1.82, 2.24) is 4.98 Å². The molecule has 0 aliphatic carbocycles. The topological polar surface area (TPSA) is 22.1 Å². The van der Waals surface area contributed by atoms with Crippen molar-refractivity contribution in [2.24, 2.45) is 0 Å². The molecule has 0 N–H and O–H groups in total. The molecule has 0 saturated carbocycles. The summed E-state index contributed by atoms with van der Waals surface area (Å²) in [6.45, 7) is 0. The lowest BCUT2D eigenvalue weighted by Gasteiger charge is -2.08. The zero-order chi connectivity index (χ0) is 11.5. The Kier molecular flexibility index (Phi) is 3.82. The molecule has 0 spiro atoms. The number of benzene rings is 1. The fourth-order valence-electron chi connectivity index (χ4n) is 1.65. The number of pyridine rings is 1. The van der Waals surface area contributed by atoms with Crippen LogP contribution in [0.1, 0.15) is 5.56 Å². The molecule has 0 atom stereocenters. The summed E-state index contributed by atoms with van der Waals surface area (Å²) < 4.78 is 6.25. The largest absolute Gasteiger partial charge is 0.481 e. The van der Waals surface area contributed by atoms with E-state index in [1.165, 1.54) is 5.56 Å². The second-order valence-corrected chi connectivity index (χ2v) is 5.04. The van der Waals surface area contributed by atoms with Gasteiger partial charge in [-0.15, -0.1) is 0 Å². The number of alkyl halides is 1. The Hall–Kier alpha value is -0.610. The molecule has 1 heterocycles. The summed E-state index contributed by atoms with van der Waals surface area (Å²) in [6, 6.07) is 8.04. The average molecular weight is 345 g/mol. The lowest BCUT2D eigenvalue weighted by Crippen LogP contribution is -1.94. The van der Waals surface area contributed by atoms with Crippen LogP contribution in [0.2, 0.25) is 0 Å². The van der Waals surface area contributed by atoms with Crippen LogP contribution in [0.25, 0.3) is 10.9 Å². The minimum absolute atomic E-state index is 0.654. The van der Waals surface area contributed by atoms with E-state index >= 15 is 0 Å². The third-order valence-electron chi connectivity index (χ3n) is 2.44. The van der Waals surface area contributed by atoms with Crippen molar-refractivity contribution in [3.8, 4) is 5.88 Å². The first-order valence-electron chi connectivity index (χ1n) is 4.94. The minimum Gasteiger partial charge on any atom is -0.481 e. The molecule has 0 bridgehead atoms. The summed E-state index contributed by atoms with van der Waals surface area (Å²) in [5.74, 6) is 0.654. The number of ether oxygens (including phenoxy) is 1. The molecule has 1 aromatic carbocycles. The summed E-state index contributed by atoms with van der Waals surface area (Å²) in [4.78, 5) is 4.50. The Balaban J connectivity index is 2.67. The van der Waals surface area contributed by atoms with Crippen LogP contribution in [0, 0.1) is 0 Å². The van der Waals surface area contributed by atoms with Gasteiger partial charge >= 0.3 is 0 Å². The van der Waals surface area contributed by atoms with Crippen molar-refractivity contribution in [3.05, 3.63) is 34.3 Å². The van der Waals surface area contributed by atoms with Gasteiger partial charge in [-0.2, -0.15) is 0 Å². The molecule has 0 radical (unpaired) electrons. The van der Waals surface area contributed by atoms with E-state index in [0.717, 1.165) is 27.1 Å². The molecule has 16 heavy (non-hydrogen) atoms. The fraction of sp³-hybridized carbons (Fsp3) is 0.250. The first kappa shape index (κ1) is 11.9. The van der Waals surface area contributed by atoms with Crippen LogP contribution in [0.4, 0.5) is 0 Å². The van der Waals surface area contributed by atoms with Gasteiger partial charge in [0.1, 0.15) is 0 Å². The molecule has 4 heteroatoms. The van der Waals surface area contributed by atoms with Gasteiger partial charge in [-0.3, -0.25) is 0 Å². The Labute approximate surface area is 111 Å². The van der Waals surface area contributed by atoms with Gasteiger partial charge in [0.05, 0.1) is 12.6 Å². The maximum absolute atomic E-state index is 5.16. The van der Waals surface area contributed by atoms with Gasteiger partial charge < -0.3 is 4.74 Å². The number of rotatable bonds is 3. The highest BCUT2D eigenvalue weighted by molar-refractivity contribution is 9.10. The van der Waals surface area contributed by atoms with E-state index < -0.39 is 0 Å². The van der Waals surface area contributed by atoms with Gasteiger partial charge in [-0.25, -0.2) is 4.98 Å². The van der Waals surface area contributed by atoms with Crippen molar-refractivity contribution < 1.29 is 4.74 Å². The number of hydrogen-bond donors (Lipinski definition) is 0. The second-order valence-electron chi connectivity index (χ2n) is 3.39. The van der Waals surface area contributed by atoms with E-state index in [-0.39, 0.29) is 0 Å². The molecule has 0 fully saturated rings. The number of fused-ring (bicyclic) bond motifs is 1. The predicted molar refractivity (Wildman–Crippen MR) is 73.5 cm³/mol. The van der Waals surface area contributed by atoms with E-state index in [1.807, 2.05) is 12.1 Å². The fourth-order valence-corrected chi connectivity index (χ4v) is 2.57. The van der Waals surface area contributed by atoms with Gasteiger partial charge in [-0.1, -0.05) is 37.9 Å². The molecule has 0 unspecified atom stereocenters. The summed E-state index contributed by atoms with van der Waals surface area (Å²) in [5, 5.41) is 2.06. The third kappa shape index (κ3) is 2.23. The Morgan fingerprint density at radius 1 is 1.25 bits per heavy atom. The number of halogens is 2. The summed E-state index contributed by atoms with van der Waals surface area (Å²) >= 11 is 7.02. The monoisotopic (exact) mass is 343 g/mol.